The van der Waals surface area contributed by atoms with Crippen LogP contribution in [0.2, 0.25) is 0 Å². The highest BCUT2D eigenvalue weighted by Crippen LogP contribution is 2.34. The van der Waals surface area contributed by atoms with Gasteiger partial charge in [0.15, 0.2) is 17.4 Å². The Morgan fingerprint density at radius 1 is 0.968 bits per heavy atom. The van der Waals surface area contributed by atoms with Crippen LogP contribution in [0.3, 0.4) is 0 Å². The molecule has 31 heavy (non-hydrogen) atoms. The van der Waals surface area contributed by atoms with Gasteiger partial charge in [-0.3, -0.25) is 4.79 Å². The first-order valence-corrected chi connectivity index (χ1v) is 10.8. The third kappa shape index (κ3) is 5.15. The van der Waals surface area contributed by atoms with E-state index < -0.39 is 44.5 Å². The van der Waals surface area contributed by atoms with E-state index in [1.165, 1.54) is 18.6 Å². The Morgan fingerprint density at radius 3 is 2.16 bits per heavy atom. The molecule has 0 saturated heterocycles. The van der Waals surface area contributed by atoms with Gasteiger partial charge >= 0.3 is 15.6 Å². The number of alkyl halides is 3. The second kappa shape index (κ2) is 8.81. The van der Waals surface area contributed by atoms with Crippen molar-refractivity contribution in [2.45, 2.75) is 43.5 Å². The van der Waals surface area contributed by atoms with Crippen molar-refractivity contribution in [3.8, 4) is 5.75 Å². The zero-order chi connectivity index (χ0) is 22.8. The van der Waals surface area contributed by atoms with Gasteiger partial charge in [-0.15, -0.1) is 0 Å². The lowest BCUT2D eigenvalue weighted by atomic mass is 9.84. The van der Waals surface area contributed by atoms with E-state index in [2.05, 4.69) is 9.50 Å². The fourth-order valence-electron chi connectivity index (χ4n) is 3.45. The normalized spacial score (nSPS) is 15.5. The summed E-state index contributed by atoms with van der Waals surface area (Å²) in [5.74, 6) is -5.67. The Bertz CT molecular complexity index is 1060. The van der Waals surface area contributed by atoms with Crippen molar-refractivity contribution in [1.82, 2.24) is 0 Å². The van der Waals surface area contributed by atoms with E-state index in [0.29, 0.717) is 18.1 Å². The number of hydrogen-bond donors (Lipinski definition) is 1. The predicted molar refractivity (Wildman–Crippen MR) is 102 cm³/mol. The summed E-state index contributed by atoms with van der Waals surface area (Å²) in [4.78, 5) is 12.5. The molecule has 3 rings (SSSR count). The van der Waals surface area contributed by atoms with Gasteiger partial charge in [0.2, 0.25) is 0 Å². The molecule has 0 spiro atoms. The lowest BCUT2D eigenvalue weighted by Gasteiger charge is -2.22. The van der Waals surface area contributed by atoms with E-state index in [1.54, 1.807) is 12.1 Å². The van der Waals surface area contributed by atoms with Crippen LogP contribution in [-0.4, -0.2) is 19.8 Å². The summed E-state index contributed by atoms with van der Waals surface area (Å²) in [5, 5.41) is 2.22. The summed E-state index contributed by atoms with van der Waals surface area (Å²) in [6, 6.07) is 7.35. The molecule has 0 aliphatic heterocycles. The van der Waals surface area contributed by atoms with Crippen molar-refractivity contribution in [2.75, 3.05) is 5.32 Å². The SMILES string of the molecule is O=C(Nc1ccc(C2CCCCC2)cc1)c1c(OS(=O)(=O)C(F)(F)F)ccc(F)c1F. The number of hydrogen-bond acceptors (Lipinski definition) is 4. The second-order valence-electron chi connectivity index (χ2n) is 7.13. The molecule has 0 aromatic heterocycles. The Hall–Kier alpha value is -2.69. The average molecular weight is 463 g/mol. The third-order valence-corrected chi connectivity index (χ3v) is 5.98. The highest BCUT2D eigenvalue weighted by atomic mass is 32.2. The Kier molecular flexibility index (Phi) is 6.54. The Labute approximate surface area is 175 Å². The zero-order valence-electron chi connectivity index (χ0n) is 16.0. The van der Waals surface area contributed by atoms with E-state index in [4.69, 9.17) is 0 Å². The molecular weight excluding hydrogens is 445 g/mol. The van der Waals surface area contributed by atoms with E-state index >= 15 is 0 Å². The molecule has 2 aromatic carbocycles. The molecule has 1 saturated carbocycles. The highest BCUT2D eigenvalue weighted by Gasteiger charge is 2.49. The number of nitrogens with one attached hydrogen (secondary N) is 1. The molecule has 2 aromatic rings. The van der Waals surface area contributed by atoms with Gasteiger partial charge in [-0.1, -0.05) is 31.4 Å². The molecule has 168 valence electrons. The number of carbonyl (C=O) groups is 1. The summed E-state index contributed by atoms with van der Waals surface area (Å²) in [6.07, 6.45) is 5.48. The smallest absolute Gasteiger partial charge is 0.375 e. The van der Waals surface area contributed by atoms with E-state index in [-0.39, 0.29) is 5.69 Å². The van der Waals surface area contributed by atoms with Gasteiger partial charge in [0, 0.05) is 5.69 Å². The average Bonchev–Trinajstić information content (AvgIpc) is 2.71. The Morgan fingerprint density at radius 2 is 1.58 bits per heavy atom. The molecule has 1 amide bonds. The van der Waals surface area contributed by atoms with E-state index in [1.807, 2.05) is 0 Å². The van der Waals surface area contributed by atoms with Crippen molar-refractivity contribution >= 4 is 21.7 Å². The second-order valence-corrected chi connectivity index (χ2v) is 8.67. The maximum atomic E-state index is 14.2. The van der Waals surface area contributed by atoms with Gasteiger partial charge < -0.3 is 9.50 Å². The van der Waals surface area contributed by atoms with Gasteiger partial charge in [0.25, 0.3) is 5.91 Å². The molecule has 1 N–H and O–H groups in total. The number of carbonyl (C=O) groups excluding carboxylic acids is 1. The van der Waals surface area contributed by atoms with Gasteiger partial charge in [0.05, 0.1) is 0 Å². The topological polar surface area (TPSA) is 72.5 Å². The fourth-order valence-corrected chi connectivity index (χ4v) is 3.92. The molecule has 0 unspecified atom stereocenters. The van der Waals surface area contributed by atoms with E-state index in [0.717, 1.165) is 31.2 Å². The molecule has 0 atom stereocenters. The van der Waals surface area contributed by atoms with Gasteiger partial charge in [-0.25, -0.2) is 8.78 Å². The first kappa shape index (κ1) is 23.0. The summed E-state index contributed by atoms with van der Waals surface area (Å²) in [6.45, 7) is 0. The summed E-state index contributed by atoms with van der Waals surface area (Å²) in [7, 11) is -6.20. The molecule has 5 nitrogen and oxygen atoms in total. The zero-order valence-corrected chi connectivity index (χ0v) is 16.8. The number of benzene rings is 2. The van der Waals surface area contributed by atoms with Crippen LogP contribution in [0.4, 0.5) is 27.6 Å². The van der Waals surface area contributed by atoms with Crippen molar-refractivity contribution < 1.29 is 39.3 Å². The minimum Gasteiger partial charge on any atom is -0.375 e. The van der Waals surface area contributed by atoms with Crippen molar-refractivity contribution in [1.29, 1.82) is 0 Å². The van der Waals surface area contributed by atoms with Crippen LogP contribution in [0.5, 0.6) is 5.75 Å². The van der Waals surface area contributed by atoms with Crippen molar-refractivity contribution in [2.24, 2.45) is 0 Å². The van der Waals surface area contributed by atoms with Gasteiger partial charge in [0.1, 0.15) is 5.56 Å². The minimum atomic E-state index is -6.20. The van der Waals surface area contributed by atoms with Crippen molar-refractivity contribution in [3.05, 3.63) is 59.2 Å². The van der Waals surface area contributed by atoms with Crippen LogP contribution >= 0.6 is 0 Å². The predicted octanol–water partition coefficient (Wildman–Crippen LogP) is 5.49. The Balaban J connectivity index is 1.85. The summed E-state index contributed by atoms with van der Waals surface area (Å²) in [5.41, 5.74) is -5.91. The quantitative estimate of drug-likeness (QED) is 0.361. The van der Waals surface area contributed by atoms with Crippen LogP contribution in [0.15, 0.2) is 36.4 Å². The first-order valence-electron chi connectivity index (χ1n) is 9.39. The standard InChI is InChI=1S/C20H18F5NO4S/c21-15-10-11-16(30-31(28,29)20(23,24)25)17(18(15)22)19(27)26-14-8-6-13(7-9-14)12-4-2-1-3-5-12/h6-12H,1-5H2,(H,26,27). The number of halogens is 5. The molecular formula is C20H18F5NO4S. The molecule has 11 heteroatoms. The maximum absolute atomic E-state index is 14.2. The number of rotatable bonds is 5. The number of amides is 1. The van der Waals surface area contributed by atoms with Crippen LogP contribution in [0, 0.1) is 11.6 Å². The maximum Gasteiger partial charge on any atom is 0.534 e. The largest absolute Gasteiger partial charge is 0.534 e. The number of anilines is 1. The van der Waals surface area contributed by atoms with Gasteiger partial charge in [-0.2, -0.15) is 21.6 Å². The van der Waals surface area contributed by atoms with E-state index in [9.17, 15) is 35.2 Å². The van der Waals surface area contributed by atoms with Crippen LogP contribution < -0.4 is 9.50 Å². The molecule has 1 aliphatic rings. The molecule has 0 heterocycles. The van der Waals surface area contributed by atoms with Crippen LogP contribution in [0.1, 0.15) is 53.9 Å². The van der Waals surface area contributed by atoms with Gasteiger partial charge in [-0.05, 0) is 48.6 Å². The molecule has 0 radical (unpaired) electrons. The fraction of sp³-hybridized carbons (Fsp3) is 0.350. The van der Waals surface area contributed by atoms with Crippen molar-refractivity contribution in [3.63, 3.8) is 0 Å². The molecule has 1 aliphatic carbocycles. The monoisotopic (exact) mass is 463 g/mol. The lowest BCUT2D eigenvalue weighted by Crippen LogP contribution is -2.29. The summed E-state index contributed by atoms with van der Waals surface area (Å²) >= 11 is 0. The minimum absolute atomic E-state index is 0.165. The molecule has 0 bridgehead atoms. The third-order valence-electron chi connectivity index (χ3n) is 5.01. The lowest BCUT2D eigenvalue weighted by molar-refractivity contribution is -0.0500. The highest BCUT2D eigenvalue weighted by molar-refractivity contribution is 7.88. The first-order chi connectivity index (χ1) is 14.5. The molecule has 1 fully saturated rings. The van der Waals surface area contributed by atoms with Crippen LogP contribution in [0.25, 0.3) is 0 Å². The summed E-state index contributed by atoms with van der Waals surface area (Å²) < 4.78 is 91.9. The van der Waals surface area contributed by atoms with Crippen LogP contribution in [-0.2, 0) is 10.1 Å².